The predicted molar refractivity (Wildman–Crippen MR) is 110 cm³/mol. The zero-order valence-electron chi connectivity index (χ0n) is 17.6. The monoisotopic (exact) mass is 411 g/mol. The fraction of sp³-hybridized carbons (Fsp3) is 0.800. The van der Waals surface area contributed by atoms with Gasteiger partial charge in [-0.05, 0) is 35.6 Å². The van der Waals surface area contributed by atoms with Crippen LogP contribution in [0.1, 0.15) is 53.9 Å². The quantitative estimate of drug-likeness (QED) is 0.569. The van der Waals surface area contributed by atoms with Crippen molar-refractivity contribution in [1.82, 2.24) is 4.57 Å². The van der Waals surface area contributed by atoms with E-state index in [-0.39, 0.29) is 32.9 Å². The molecule has 4 atom stereocenters. The molecule has 7 heteroatoms. The third kappa shape index (κ3) is 2.75. The third-order valence-corrected chi connectivity index (χ3v) is 15.1. The number of hydrogen-bond acceptors (Lipinski definition) is 4. The van der Waals surface area contributed by atoms with Gasteiger partial charge in [0.2, 0.25) is 5.91 Å². The minimum Gasteiger partial charge on any atom is -0.392 e. The normalized spacial score (nSPS) is 34.4. The molecule has 0 spiro atoms. The summed E-state index contributed by atoms with van der Waals surface area (Å²) in [5, 5.41) is 10.5. The molecule has 3 aliphatic rings. The number of hydrogen-bond donors (Lipinski definition) is 1. The molecule has 2 saturated carbocycles. The first-order valence-corrected chi connectivity index (χ1v) is 14.1. The first-order valence-electron chi connectivity index (χ1n) is 9.83. The first kappa shape index (κ1) is 20.9. The molecular weight excluding hydrogens is 378 g/mol. The standard InChI is InChI=1S/C20H33NO4SSi/c1-18(2,3)27(6,7)21-16(23)11-14(17(21)24)26(25)12-20-9-8-13(10-15(20)22)19(20,4)5/h11,13,15,22H,8-10,12H2,1-7H3/t13-,15-,20-,26-/m1/s1. The Morgan fingerprint density at radius 2 is 1.89 bits per heavy atom. The van der Waals surface area contributed by atoms with Gasteiger partial charge in [0.1, 0.15) is 4.91 Å². The summed E-state index contributed by atoms with van der Waals surface area (Å²) >= 11 is 0. The van der Waals surface area contributed by atoms with Crippen molar-refractivity contribution in [2.75, 3.05) is 5.75 Å². The zero-order chi connectivity index (χ0) is 20.6. The van der Waals surface area contributed by atoms with Gasteiger partial charge in [-0.2, -0.15) is 0 Å². The largest absolute Gasteiger partial charge is 0.392 e. The molecule has 152 valence electrons. The van der Waals surface area contributed by atoms with Crippen LogP contribution in [0.25, 0.3) is 0 Å². The van der Waals surface area contributed by atoms with Crippen molar-refractivity contribution in [3.63, 3.8) is 0 Å². The van der Waals surface area contributed by atoms with Gasteiger partial charge in [0.15, 0.2) is 8.24 Å². The van der Waals surface area contributed by atoms with Gasteiger partial charge < -0.3 is 9.67 Å². The number of rotatable bonds is 4. The summed E-state index contributed by atoms with van der Waals surface area (Å²) in [6.45, 7) is 14.4. The van der Waals surface area contributed by atoms with Crippen LogP contribution in [0, 0.1) is 16.7 Å². The molecule has 2 fully saturated rings. The van der Waals surface area contributed by atoms with Crippen LogP contribution in [0.2, 0.25) is 18.1 Å². The van der Waals surface area contributed by atoms with Crippen molar-refractivity contribution in [2.24, 2.45) is 16.7 Å². The molecule has 3 rings (SSSR count). The Bertz CT molecular complexity index is 752. The Hall–Kier alpha value is -0.793. The van der Waals surface area contributed by atoms with Gasteiger partial charge in [-0.25, -0.2) is 0 Å². The van der Waals surface area contributed by atoms with Crippen molar-refractivity contribution >= 4 is 30.8 Å². The predicted octanol–water partition coefficient (Wildman–Crippen LogP) is 3.18. The van der Waals surface area contributed by atoms with E-state index in [0.29, 0.717) is 5.92 Å². The fourth-order valence-corrected chi connectivity index (χ4v) is 9.01. The second kappa shape index (κ2) is 6.10. The Balaban J connectivity index is 1.86. The second-order valence-corrected chi connectivity index (χ2v) is 17.1. The average molecular weight is 412 g/mol. The molecule has 27 heavy (non-hydrogen) atoms. The maximum Gasteiger partial charge on any atom is 0.261 e. The molecule has 5 nitrogen and oxygen atoms in total. The van der Waals surface area contributed by atoms with E-state index in [1.165, 1.54) is 10.6 Å². The third-order valence-electron chi connectivity index (χ3n) is 8.31. The average Bonchev–Trinajstić information content (AvgIpc) is 3.01. The van der Waals surface area contributed by atoms with Crippen LogP contribution < -0.4 is 0 Å². The summed E-state index contributed by atoms with van der Waals surface area (Å²) in [6.07, 6.45) is 3.41. The van der Waals surface area contributed by atoms with E-state index in [2.05, 4.69) is 13.8 Å². The number of aliphatic hydroxyl groups is 1. The molecule has 2 bridgehead atoms. The van der Waals surface area contributed by atoms with Crippen molar-refractivity contribution in [1.29, 1.82) is 0 Å². The Kier molecular flexibility index (Phi) is 4.73. The lowest BCUT2D eigenvalue weighted by atomic mass is 9.70. The number of imide groups is 1. The van der Waals surface area contributed by atoms with Crippen molar-refractivity contribution < 1.29 is 18.9 Å². The topological polar surface area (TPSA) is 74.7 Å². The van der Waals surface area contributed by atoms with E-state index in [0.717, 1.165) is 19.3 Å². The first-order chi connectivity index (χ1) is 12.2. The lowest BCUT2D eigenvalue weighted by Crippen LogP contribution is -2.58. The Labute approximate surface area is 166 Å². The summed E-state index contributed by atoms with van der Waals surface area (Å²) in [4.78, 5) is 25.9. The van der Waals surface area contributed by atoms with Gasteiger partial charge in [-0.3, -0.25) is 13.8 Å². The summed E-state index contributed by atoms with van der Waals surface area (Å²) in [5.41, 5.74) is -0.537. The van der Waals surface area contributed by atoms with Crippen molar-refractivity contribution in [2.45, 2.75) is 78.1 Å². The number of amides is 2. The molecule has 1 aliphatic heterocycles. The molecule has 0 saturated heterocycles. The van der Waals surface area contributed by atoms with E-state index < -0.39 is 30.6 Å². The number of aliphatic hydroxyl groups excluding tert-OH is 1. The summed E-state index contributed by atoms with van der Waals surface area (Å²) in [5.74, 6) is -0.0271. The van der Waals surface area contributed by atoms with E-state index >= 15 is 0 Å². The van der Waals surface area contributed by atoms with Gasteiger partial charge >= 0.3 is 0 Å². The van der Waals surface area contributed by atoms with Crippen LogP contribution in [0.5, 0.6) is 0 Å². The molecule has 0 unspecified atom stereocenters. The maximum atomic E-state index is 13.2. The van der Waals surface area contributed by atoms with Gasteiger partial charge in [-0.1, -0.05) is 47.7 Å². The highest BCUT2D eigenvalue weighted by Crippen LogP contribution is 2.66. The van der Waals surface area contributed by atoms with Crippen molar-refractivity contribution in [3.8, 4) is 0 Å². The van der Waals surface area contributed by atoms with Crippen LogP contribution in [0.4, 0.5) is 0 Å². The molecule has 2 aliphatic carbocycles. The van der Waals surface area contributed by atoms with E-state index in [9.17, 15) is 18.9 Å². The molecule has 1 N–H and O–H groups in total. The smallest absolute Gasteiger partial charge is 0.261 e. The zero-order valence-corrected chi connectivity index (χ0v) is 19.4. The molecule has 1 heterocycles. The van der Waals surface area contributed by atoms with Crippen LogP contribution in [0.3, 0.4) is 0 Å². The lowest BCUT2D eigenvalue weighted by molar-refractivity contribution is -0.132. The minimum absolute atomic E-state index is 0.104. The van der Waals surface area contributed by atoms with E-state index in [4.69, 9.17) is 0 Å². The Morgan fingerprint density at radius 1 is 1.30 bits per heavy atom. The molecule has 0 aromatic carbocycles. The number of nitrogens with zero attached hydrogens (tertiary/aromatic N) is 1. The van der Waals surface area contributed by atoms with Gasteiger partial charge in [-0.15, -0.1) is 0 Å². The SMILES string of the molecule is CC1(C)[C@@H]2CC[C@@]1(C[S@@](=O)C1=CC(=O)N([Si](C)(C)C(C)(C)C)C1=O)[C@H](O)C2. The van der Waals surface area contributed by atoms with Crippen LogP contribution in [-0.4, -0.2) is 45.8 Å². The highest BCUT2D eigenvalue weighted by molar-refractivity contribution is 7.90. The number of carbonyl (C=O) groups excluding carboxylic acids is 2. The number of fused-ring (bicyclic) bond motifs is 2. The summed E-state index contributed by atoms with van der Waals surface area (Å²) in [7, 11) is -3.98. The molecule has 0 aromatic heterocycles. The highest BCUT2D eigenvalue weighted by atomic mass is 32.2. The lowest BCUT2D eigenvalue weighted by Gasteiger charge is -2.42. The van der Waals surface area contributed by atoms with Crippen molar-refractivity contribution in [3.05, 3.63) is 11.0 Å². The highest BCUT2D eigenvalue weighted by Gasteiger charge is 2.64. The van der Waals surface area contributed by atoms with Gasteiger partial charge in [0.05, 0.1) is 16.9 Å². The van der Waals surface area contributed by atoms with E-state index in [1.807, 2.05) is 33.9 Å². The summed E-state index contributed by atoms with van der Waals surface area (Å²) < 4.78 is 14.6. The molecular formula is C20H33NO4SSi. The van der Waals surface area contributed by atoms with E-state index in [1.54, 1.807) is 0 Å². The molecule has 0 radical (unpaired) electrons. The maximum absolute atomic E-state index is 13.2. The molecule has 2 amide bonds. The second-order valence-electron chi connectivity index (χ2n) is 10.7. The van der Waals surface area contributed by atoms with Crippen LogP contribution in [-0.2, 0) is 20.4 Å². The number of carbonyl (C=O) groups is 2. The fourth-order valence-electron chi connectivity index (χ4n) is 5.17. The summed E-state index contributed by atoms with van der Waals surface area (Å²) in [6, 6.07) is 0. The van der Waals surface area contributed by atoms with Crippen LogP contribution >= 0.6 is 0 Å². The molecule has 0 aromatic rings. The Morgan fingerprint density at radius 3 is 2.33 bits per heavy atom. The minimum atomic E-state index is -2.39. The van der Waals surface area contributed by atoms with Crippen LogP contribution in [0.15, 0.2) is 11.0 Å². The van der Waals surface area contributed by atoms with Gasteiger partial charge in [0.25, 0.3) is 5.91 Å². The van der Waals surface area contributed by atoms with Gasteiger partial charge in [0, 0.05) is 17.2 Å².